The molecule has 6 nitrogen and oxygen atoms in total. The second kappa shape index (κ2) is 10.2. The molecule has 0 saturated heterocycles. The summed E-state index contributed by atoms with van der Waals surface area (Å²) in [5, 5.41) is 2.83. The van der Waals surface area contributed by atoms with Gasteiger partial charge in [0.15, 0.2) is 0 Å². The summed E-state index contributed by atoms with van der Waals surface area (Å²) in [6.45, 7) is 5.97. The number of esters is 1. The lowest BCUT2D eigenvalue weighted by Crippen LogP contribution is -2.28. The molecule has 0 atom stereocenters. The number of hydrogen-bond acceptors (Lipinski definition) is 4. The summed E-state index contributed by atoms with van der Waals surface area (Å²) < 4.78 is 18.4. The van der Waals surface area contributed by atoms with Gasteiger partial charge in [-0.15, -0.1) is 0 Å². The van der Waals surface area contributed by atoms with Crippen molar-refractivity contribution in [3.05, 3.63) is 112 Å². The number of fused-ring (bicyclic) bond motifs is 1. The van der Waals surface area contributed by atoms with E-state index < -0.39 is 11.6 Å². The van der Waals surface area contributed by atoms with Crippen LogP contribution in [0.4, 0.5) is 4.39 Å². The standard InChI is InChI=1S/C29H27FN2O4/c1-29(2,3)36-28(35)22-9-7-21(8-10-22)27(34)32-15-14-20-6-11-23(16-24(20)18-32)26(33)31-17-19-4-12-25(30)13-5-19/h4-16H,17-18H2,1-3H3,(H,31,33). The molecule has 36 heavy (non-hydrogen) atoms. The Hall–Kier alpha value is -4.26. The van der Waals surface area contributed by atoms with Gasteiger partial charge in [0.25, 0.3) is 11.8 Å². The van der Waals surface area contributed by atoms with Crippen LogP contribution >= 0.6 is 0 Å². The van der Waals surface area contributed by atoms with Crippen LogP contribution in [0.15, 0.2) is 72.9 Å². The summed E-state index contributed by atoms with van der Waals surface area (Å²) >= 11 is 0. The molecule has 0 fully saturated rings. The molecule has 3 aromatic carbocycles. The predicted octanol–water partition coefficient (Wildman–Crippen LogP) is 5.34. The van der Waals surface area contributed by atoms with Crippen LogP contribution in [0, 0.1) is 5.82 Å². The quantitative estimate of drug-likeness (QED) is 0.494. The molecule has 0 radical (unpaired) electrons. The summed E-state index contributed by atoms with van der Waals surface area (Å²) in [5.74, 6) is -1.25. The van der Waals surface area contributed by atoms with Crippen molar-refractivity contribution in [3.8, 4) is 0 Å². The number of nitrogens with one attached hydrogen (secondary N) is 1. The van der Waals surface area contributed by atoms with E-state index in [2.05, 4.69) is 5.32 Å². The van der Waals surface area contributed by atoms with Crippen LogP contribution in [-0.4, -0.2) is 28.3 Å². The third-order valence-electron chi connectivity index (χ3n) is 5.57. The molecule has 1 aliphatic heterocycles. The van der Waals surface area contributed by atoms with E-state index in [1.165, 1.54) is 12.1 Å². The van der Waals surface area contributed by atoms with Gasteiger partial charge in [0.2, 0.25) is 0 Å². The molecule has 2 amide bonds. The predicted molar refractivity (Wildman–Crippen MR) is 135 cm³/mol. The molecule has 1 heterocycles. The molecule has 184 valence electrons. The van der Waals surface area contributed by atoms with Crippen molar-refractivity contribution < 1.29 is 23.5 Å². The van der Waals surface area contributed by atoms with Crippen LogP contribution < -0.4 is 5.32 Å². The summed E-state index contributed by atoms with van der Waals surface area (Å²) in [5.41, 5.74) is 3.23. The summed E-state index contributed by atoms with van der Waals surface area (Å²) in [6, 6.07) is 17.6. The van der Waals surface area contributed by atoms with Gasteiger partial charge in [-0.05, 0) is 92.1 Å². The molecular formula is C29H27FN2O4. The smallest absolute Gasteiger partial charge is 0.338 e. The van der Waals surface area contributed by atoms with Crippen LogP contribution in [0.3, 0.4) is 0 Å². The highest BCUT2D eigenvalue weighted by Crippen LogP contribution is 2.23. The molecule has 0 unspecified atom stereocenters. The molecule has 1 N–H and O–H groups in total. The molecule has 0 aromatic heterocycles. The normalized spacial score (nSPS) is 12.6. The third kappa shape index (κ3) is 6.05. The first-order valence-corrected chi connectivity index (χ1v) is 11.6. The Morgan fingerprint density at radius 3 is 2.22 bits per heavy atom. The number of carbonyl (C=O) groups excluding carboxylic acids is 3. The summed E-state index contributed by atoms with van der Waals surface area (Å²) in [7, 11) is 0. The van der Waals surface area contributed by atoms with Gasteiger partial charge in [-0.2, -0.15) is 0 Å². The molecule has 0 aliphatic carbocycles. The first kappa shape index (κ1) is 24.9. The van der Waals surface area contributed by atoms with Crippen molar-refractivity contribution in [3.63, 3.8) is 0 Å². The van der Waals surface area contributed by atoms with Gasteiger partial charge >= 0.3 is 5.97 Å². The molecular weight excluding hydrogens is 459 g/mol. The fourth-order valence-electron chi connectivity index (χ4n) is 3.73. The lowest BCUT2D eigenvalue weighted by molar-refractivity contribution is 0.00691. The third-order valence-corrected chi connectivity index (χ3v) is 5.57. The molecule has 4 rings (SSSR count). The van der Waals surface area contributed by atoms with Gasteiger partial charge in [0, 0.05) is 23.9 Å². The lowest BCUT2D eigenvalue weighted by Gasteiger charge is -2.24. The number of amides is 2. The Balaban J connectivity index is 1.41. The minimum absolute atomic E-state index is 0.223. The van der Waals surface area contributed by atoms with Crippen molar-refractivity contribution in [1.29, 1.82) is 0 Å². The zero-order valence-electron chi connectivity index (χ0n) is 20.4. The van der Waals surface area contributed by atoms with E-state index in [-0.39, 0.29) is 24.2 Å². The van der Waals surface area contributed by atoms with E-state index in [1.807, 2.05) is 12.1 Å². The number of ether oxygens (including phenoxy) is 1. The fourth-order valence-corrected chi connectivity index (χ4v) is 3.73. The maximum Gasteiger partial charge on any atom is 0.338 e. The minimum atomic E-state index is -0.603. The van der Waals surface area contributed by atoms with Crippen LogP contribution in [0.1, 0.15) is 68.5 Å². The largest absolute Gasteiger partial charge is 0.456 e. The highest BCUT2D eigenvalue weighted by molar-refractivity contribution is 5.98. The van der Waals surface area contributed by atoms with E-state index in [1.54, 1.807) is 80.4 Å². The lowest BCUT2D eigenvalue weighted by atomic mass is 10.00. The van der Waals surface area contributed by atoms with Crippen molar-refractivity contribution in [1.82, 2.24) is 10.2 Å². The average Bonchev–Trinajstić information content (AvgIpc) is 2.86. The molecule has 0 bridgehead atoms. The first-order chi connectivity index (χ1) is 17.1. The van der Waals surface area contributed by atoms with E-state index >= 15 is 0 Å². The second-order valence-electron chi connectivity index (χ2n) is 9.55. The molecule has 0 spiro atoms. The first-order valence-electron chi connectivity index (χ1n) is 11.6. The van der Waals surface area contributed by atoms with E-state index in [4.69, 9.17) is 4.74 Å². The van der Waals surface area contributed by atoms with Crippen molar-refractivity contribution in [2.45, 2.75) is 39.5 Å². The van der Waals surface area contributed by atoms with Gasteiger partial charge in [-0.25, -0.2) is 9.18 Å². The van der Waals surface area contributed by atoms with Crippen molar-refractivity contribution in [2.75, 3.05) is 0 Å². The van der Waals surface area contributed by atoms with Crippen molar-refractivity contribution >= 4 is 23.9 Å². The molecule has 7 heteroatoms. The SMILES string of the molecule is CC(C)(C)OC(=O)c1ccc(C(=O)N2C=Cc3ccc(C(=O)NCc4ccc(F)cc4)cc3C2)cc1. The number of benzene rings is 3. The topological polar surface area (TPSA) is 75.7 Å². The van der Waals surface area contributed by atoms with E-state index in [9.17, 15) is 18.8 Å². The average molecular weight is 487 g/mol. The number of carbonyl (C=O) groups is 3. The maximum atomic E-state index is 13.1. The van der Waals surface area contributed by atoms with Crippen LogP contribution in [-0.2, 0) is 17.8 Å². The number of rotatable bonds is 5. The van der Waals surface area contributed by atoms with Gasteiger partial charge < -0.3 is 15.0 Å². The van der Waals surface area contributed by atoms with Crippen LogP contribution in [0.5, 0.6) is 0 Å². The van der Waals surface area contributed by atoms with Crippen LogP contribution in [0.2, 0.25) is 0 Å². The Morgan fingerprint density at radius 2 is 1.56 bits per heavy atom. The molecule has 0 saturated carbocycles. The zero-order chi connectivity index (χ0) is 25.9. The van der Waals surface area contributed by atoms with E-state index in [0.29, 0.717) is 23.2 Å². The second-order valence-corrected chi connectivity index (χ2v) is 9.55. The van der Waals surface area contributed by atoms with Gasteiger partial charge in [0.05, 0.1) is 12.1 Å². The molecule has 3 aromatic rings. The van der Waals surface area contributed by atoms with Gasteiger partial charge in [-0.3, -0.25) is 9.59 Å². The minimum Gasteiger partial charge on any atom is -0.456 e. The van der Waals surface area contributed by atoms with Crippen molar-refractivity contribution in [2.24, 2.45) is 0 Å². The number of nitrogens with zero attached hydrogens (tertiary/aromatic N) is 1. The highest BCUT2D eigenvalue weighted by atomic mass is 19.1. The number of hydrogen-bond donors (Lipinski definition) is 1. The summed E-state index contributed by atoms with van der Waals surface area (Å²) in [6.07, 6.45) is 3.53. The Kier molecular flexibility index (Phi) is 7.01. The Labute approximate surface area is 209 Å². The molecule has 1 aliphatic rings. The Morgan fingerprint density at radius 1 is 0.917 bits per heavy atom. The summed E-state index contributed by atoms with van der Waals surface area (Å²) in [4.78, 5) is 39.5. The zero-order valence-corrected chi connectivity index (χ0v) is 20.4. The maximum absolute atomic E-state index is 13.1. The fraction of sp³-hybridized carbons (Fsp3) is 0.207. The Bertz CT molecular complexity index is 1320. The van der Waals surface area contributed by atoms with Crippen LogP contribution in [0.25, 0.3) is 6.08 Å². The van der Waals surface area contributed by atoms with E-state index in [0.717, 1.165) is 16.7 Å². The monoisotopic (exact) mass is 486 g/mol. The highest BCUT2D eigenvalue weighted by Gasteiger charge is 2.21. The van der Waals surface area contributed by atoms with Gasteiger partial charge in [-0.1, -0.05) is 18.2 Å². The van der Waals surface area contributed by atoms with Gasteiger partial charge in [0.1, 0.15) is 11.4 Å². The number of halogens is 1.